The molecule has 8 nitrogen and oxygen atoms in total. The minimum Gasteiger partial charge on any atom is -0.460 e. The SMILES string of the molecule is CCCCCCCCCC[C@H](O)[C@H](O)CC[C@@H](OS(C)(=O)=O)[C@@H]1CC[C@@H]([C@H]2CCC(=O)O2)O1. The molecule has 2 N–H and O–H groups in total. The van der Waals surface area contributed by atoms with Crippen molar-refractivity contribution in [3.63, 3.8) is 0 Å². The van der Waals surface area contributed by atoms with Gasteiger partial charge in [0.2, 0.25) is 0 Å². The maximum Gasteiger partial charge on any atom is 0.306 e. The van der Waals surface area contributed by atoms with Crippen molar-refractivity contribution in [2.24, 2.45) is 0 Å². The highest BCUT2D eigenvalue weighted by atomic mass is 32.2. The van der Waals surface area contributed by atoms with Crippen LogP contribution in [0.2, 0.25) is 0 Å². The number of aliphatic hydroxyl groups excluding tert-OH is 2. The van der Waals surface area contributed by atoms with Gasteiger partial charge in [-0.3, -0.25) is 8.98 Å². The van der Waals surface area contributed by atoms with Gasteiger partial charge in [0.25, 0.3) is 10.1 Å². The Morgan fingerprint density at radius 2 is 1.55 bits per heavy atom. The third-order valence-electron chi connectivity index (χ3n) is 6.67. The van der Waals surface area contributed by atoms with Crippen LogP contribution < -0.4 is 0 Å². The predicted octanol–water partition coefficient (Wildman–Crippen LogP) is 3.62. The Hall–Kier alpha value is -0.740. The highest BCUT2D eigenvalue weighted by molar-refractivity contribution is 7.86. The van der Waals surface area contributed by atoms with Crippen LogP contribution in [0, 0.1) is 0 Å². The van der Waals surface area contributed by atoms with Gasteiger partial charge < -0.3 is 19.7 Å². The zero-order valence-electron chi connectivity index (χ0n) is 20.3. The molecule has 2 fully saturated rings. The predicted molar refractivity (Wildman–Crippen MR) is 125 cm³/mol. The fraction of sp³-hybridized carbons (Fsp3) is 0.958. The lowest BCUT2D eigenvalue weighted by Crippen LogP contribution is -2.35. The van der Waals surface area contributed by atoms with Crippen LogP contribution in [0.15, 0.2) is 0 Å². The van der Waals surface area contributed by atoms with Crippen LogP contribution in [-0.2, 0) is 28.6 Å². The highest BCUT2D eigenvalue weighted by Crippen LogP contribution is 2.33. The number of carbonyl (C=O) groups is 1. The van der Waals surface area contributed by atoms with Gasteiger partial charge >= 0.3 is 5.97 Å². The number of hydrogen-bond donors (Lipinski definition) is 2. The second-order valence-corrected chi connectivity index (χ2v) is 11.3. The molecule has 2 aliphatic heterocycles. The van der Waals surface area contributed by atoms with E-state index >= 15 is 0 Å². The van der Waals surface area contributed by atoms with Crippen LogP contribution in [0.25, 0.3) is 0 Å². The van der Waals surface area contributed by atoms with E-state index in [1.165, 1.54) is 32.1 Å². The summed E-state index contributed by atoms with van der Waals surface area (Å²) in [6, 6.07) is 0. The fourth-order valence-corrected chi connectivity index (χ4v) is 5.44. The number of ether oxygens (including phenoxy) is 2. The van der Waals surface area contributed by atoms with E-state index in [-0.39, 0.29) is 31.0 Å². The molecule has 2 saturated heterocycles. The minimum absolute atomic E-state index is 0.224. The van der Waals surface area contributed by atoms with E-state index in [1.54, 1.807) is 0 Å². The Morgan fingerprint density at radius 1 is 0.909 bits per heavy atom. The standard InChI is InChI=1S/C24H44O8S/c1-3-4-5-6-7-8-9-10-11-18(25)19(26)12-13-23(32-33(2,28)29)22-15-14-20(30-22)21-16-17-24(27)31-21/h18-23,25-26H,3-17H2,1-2H3/t18-,19+,20-,21+,22-,23+/m0/s1. The van der Waals surface area contributed by atoms with Gasteiger partial charge in [-0.1, -0.05) is 58.3 Å². The monoisotopic (exact) mass is 492 g/mol. The lowest BCUT2D eigenvalue weighted by atomic mass is 9.97. The normalized spacial score (nSPS) is 26.3. The second kappa shape index (κ2) is 14.6. The molecule has 6 atom stereocenters. The number of esters is 1. The third kappa shape index (κ3) is 11.0. The van der Waals surface area contributed by atoms with E-state index in [0.717, 1.165) is 25.5 Å². The van der Waals surface area contributed by atoms with Crippen molar-refractivity contribution in [1.82, 2.24) is 0 Å². The van der Waals surface area contributed by atoms with Crippen molar-refractivity contribution < 1.29 is 37.1 Å². The zero-order chi connectivity index (χ0) is 24.3. The van der Waals surface area contributed by atoms with Crippen LogP contribution >= 0.6 is 0 Å². The first kappa shape index (κ1) is 28.5. The number of aliphatic hydroxyl groups is 2. The molecule has 194 valence electrons. The summed E-state index contributed by atoms with van der Waals surface area (Å²) in [7, 11) is -3.71. The molecular weight excluding hydrogens is 448 g/mol. The van der Waals surface area contributed by atoms with Gasteiger partial charge in [-0.05, 0) is 38.5 Å². The fourth-order valence-electron chi connectivity index (χ4n) is 4.77. The van der Waals surface area contributed by atoms with Gasteiger partial charge in [-0.25, -0.2) is 0 Å². The third-order valence-corrected chi connectivity index (χ3v) is 7.27. The lowest BCUT2D eigenvalue weighted by molar-refractivity contribution is -0.148. The second-order valence-electron chi connectivity index (χ2n) is 9.67. The lowest BCUT2D eigenvalue weighted by Gasteiger charge is -2.26. The minimum atomic E-state index is -3.71. The Labute approximate surface area is 199 Å². The van der Waals surface area contributed by atoms with Gasteiger partial charge in [0.1, 0.15) is 12.2 Å². The Kier molecular flexibility index (Phi) is 12.6. The maximum absolute atomic E-state index is 11.8. The summed E-state index contributed by atoms with van der Waals surface area (Å²) in [5.41, 5.74) is 0. The summed E-state index contributed by atoms with van der Waals surface area (Å²) < 4.78 is 40.2. The molecule has 33 heavy (non-hydrogen) atoms. The van der Waals surface area contributed by atoms with E-state index in [1.807, 2.05) is 0 Å². The van der Waals surface area contributed by atoms with E-state index in [4.69, 9.17) is 13.7 Å². The molecule has 9 heteroatoms. The average molecular weight is 493 g/mol. The van der Waals surface area contributed by atoms with E-state index in [0.29, 0.717) is 32.1 Å². The summed E-state index contributed by atoms with van der Waals surface area (Å²) >= 11 is 0. The number of carbonyl (C=O) groups excluding carboxylic acids is 1. The summed E-state index contributed by atoms with van der Waals surface area (Å²) in [5, 5.41) is 20.7. The van der Waals surface area contributed by atoms with Gasteiger partial charge in [-0.15, -0.1) is 0 Å². The molecule has 0 saturated carbocycles. The van der Waals surface area contributed by atoms with Crippen molar-refractivity contribution >= 4 is 16.1 Å². The van der Waals surface area contributed by atoms with Crippen molar-refractivity contribution in [3.05, 3.63) is 0 Å². The molecule has 2 heterocycles. The molecule has 0 bridgehead atoms. The summed E-state index contributed by atoms with van der Waals surface area (Å²) in [5.74, 6) is -0.232. The number of hydrogen-bond acceptors (Lipinski definition) is 8. The molecule has 0 spiro atoms. The topological polar surface area (TPSA) is 119 Å². The van der Waals surface area contributed by atoms with E-state index in [2.05, 4.69) is 6.92 Å². The molecule has 0 aliphatic carbocycles. The first-order chi connectivity index (χ1) is 15.7. The van der Waals surface area contributed by atoms with Gasteiger partial charge in [-0.2, -0.15) is 8.42 Å². The molecule has 2 aliphatic rings. The number of unbranched alkanes of at least 4 members (excludes halogenated alkanes) is 7. The summed E-state index contributed by atoms with van der Waals surface area (Å²) in [6.07, 6.45) is 10.1. The first-order valence-corrected chi connectivity index (χ1v) is 14.6. The van der Waals surface area contributed by atoms with Crippen LogP contribution in [0.1, 0.15) is 103 Å². The molecule has 0 aromatic rings. The Morgan fingerprint density at radius 3 is 2.15 bits per heavy atom. The van der Waals surface area contributed by atoms with Crippen molar-refractivity contribution in [3.8, 4) is 0 Å². The van der Waals surface area contributed by atoms with Crippen LogP contribution in [0.5, 0.6) is 0 Å². The molecule has 0 unspecified atom stereocenters. The first-order valence-electron chi connectivity index (χ1n) is 12.8. The molecule has 2 rings (SSSR count). The quantitative estimate of drug-likeness (QED) is 0.179. The number of rotatable bonds is 17. The van der Waals surface area contributed by atoms with E-state index < -0.39 is 34.5 Å². The van der Waals surface area contributed by atoms with Crippen molar-refractivity contribution in [1.29, 1.82) is 0 Å². The summed E-state index contributed by atoms with van der Waals surface area (Å²) in [4.78, 5) is 11.4. The molecular formula is C24H44O8S. The highest BCUT2D eigenvalue weighted by Gasteiger charge is 2.41. The maximum atomic E-state index is 11.8. The van der Waals surface area contributed by atoms with Crippen molar-refractivity contribution in [2.45, 2.75) is 140 Å². The average Bonchev–Trinajstić information content (AvgIpc) is 3.41. The van der Waals surface area contributed by atoms with Gasteiger partial charge in [0.05, 0.1) is 30.7 Å². The smallest absolute Gasteiger partial charge is 0.306 e. The molecule has 0 aromatic heterocycles. The largest absolute Gasteiger partial charge is 0.460 e. The molecule has 0 amide bonds. The van der Waals surface area contributed by atoms with Crippen LogP contribution in [0.3, 0.4) is 0 Å². The zero-order valence-corrected chi connectivity index (χ0v) is 21.1. The molecule has 0 radical (unpaired) electrons. The van der Waals surface area contributed by atoms with Crippen LogP contribution in [-0.4, -0.2) is 67.5 Å². The molecule has 0 aromatic carbocycles. The van der Waals surface area contributed by atoms with E-state index in [9.17, 15) is 23.4 Å². The van der Waals surface area contributed by atoms with Gasteiger partial charge in [0.15, 0.2) is 0 Å². The number of cyclic esters (lactones) is 1. The van der Waals surface area contributed by atoms with Crippen molar-refractivity contribution in [2.75, 3.05) is 6.26 Å². The summed E-state index contributed by atoms with van der Waals surface area (Å²) in [6.45, 7) is 2.20. The Balaban J connectivity index is 1.72. The Bertz CT molecular complexity index is 667. The van der Waals surface area contributed by atoms with Gasteiger partial charge in [0, 0.05) is 6.42 Å². The van der Waals surface area contributed by atoms with Crippen LogP contribution in [0.4, 0.5) is 0 Å².